The number of H-pyrrole nitrogens is 1. The summed E-state index contributed by atoms with van der Waals surface area (Å²) < 4.78 is 14.6. The molecule has 0 fully saturated rings. The minimum absolute atomic E-state index is 0.344. The Kier molecular flexibility index (Phi) is 2.45. The maximum Gasteiger partial charge on any atom is 0.331 e. The number of halogens is 2. The van der Waals surface area contributed by atoms with Crippen LogP contribution in [0.2, 0.25) is 5.02 Å². The topological polar surface area (TPSA) is 37.8 Å². The second kappa shape index (κ2) is 3.99. The van der Waals surface area contributed by atoms with E-state index in [9.17, 15) is 9.18 Å². The molecule has 0 radical (unpaired) electrons. The predicted molar refractivity (Wildman–Crippen MR) is 68.9 cm³/mol. The molecular formula is C13H8ClFN2O. The molecule has 0 unspecified atom stereocenters. The highest BCUT2D eigenvalue weighted by Gasteiger charge is 2.10. The van der Waals surface area contributed by atoms with Gasteiger partial charge in [-0.05, 0) is 30.3 Å². The van der Waals surface area contributed by atoms with Gasteiger partial charge in [0.2, 0.25) is 0 Å². The summed E-state index contributed by atoms with van der Waals surface area (Å²) in [5.41, 5.74) is 1.30. The first-order chi connectivity index (χ1) is 8.66. The lowest BCUT2D eigenvalue weighted by Crippen LogP contribution is -2.14. The molecule has 0 aliphatic rings. The van der Waals surface area contributed by atoms with Crippen molar-refractivity contribution in [3.63, 3.8) is 0 Å². The fraction of sp³-hybridized carbons (Fsp3) is 0. The number of hydrogen-bond acceptors (Lipinski definition) is 1. The van der Waals surface area contributed by atoms with Gasteiger partial charge in [-0.2, -0.15) is 0 Å². The number of aromatic nitrogens is 2. The molecule has 3 nitrogen and oxygen atoms in total. The van der Waals surface area contributed by atoms with Crippen LogP contribution in [0, 0.1) is 5.82 Å². The van der Waals surface area contributed by atoms with Crippen molar-refractivity contribution in [3.05, 3.63) is 63.8 Å². The highest BCUT2D eigenvalue weighted by Crippen LogP contribution is 2.22. The normalized spacial score (nSPS) is 11.0. The molecule has 18 heavy (non-hydrogen) atoms. The Bertz CT molecular complexity index is 791. The van der Waals surface area contributed by atoms with Gasteiger partial charge in [-0.25, -0.2) is 9.18 Å². The van der Waals surface area contributed by atoms with E-state index in [2.05, 4.69) is 4.98 Å². The van der Waals surface area contributed by atoms with Crippen molar-refractivity contribution in [2.24, 2.45) is 0 Å². The molecule has 1 N–H and O–H groups in total. The van der Waals surface area contributed by atoms with Gasteiger partial charge in [-0.1, -0.05) is 23.7 Å². The fourth-order valence-electron chi connectivity index (χ4n) is 1.97. The Balaban J connectivity index is 2.39. The van der Waals surface area contributed by atoms with E-state index in [1.165, 1.54) is 16.7 Å². The predicted octanol–water partition coefficient (Wildman–Crippen LogP) is 3.11. The molecule has 90 valence electrons. The van der Waals surface area contributed by atoms with Gasteiger partial charge < -0.3 is 4.98 Å². The van der Waals surface area contributed by atoms with Crippen LogP contribution in [0.5, 0.6) is 0 Å². The smallest absolute Gasteiger partial charge is 0.304 e. The quantitative estimate of drug-likeness (QED) is 0.719. The molecule has 0 saturated carbocycles. The molecule has 1 aromatic heterocycles. The minimum atomic E-state index is -0.393. The monoisotopic (exact) mass is 262 g/mol. The van der Waals surface area contributed by atoms with Crippen LogP contribution in [0.15, 0.2) is 47.3 Å². The Labute approximate surface area is 106 Å². The van der Waals surface area contributed by atoms with E-state index in [4.69, 9.17) is 11.6 Å². The third kappa shape index (κ3) is 1.62. The van der Waals surface area contributed by atoms with Gasteiger partial charge in [0, 0.05) is 0 Å². The van der Waals surface area contributed by atoms with Gasteiger partial charge in [0.05, 0.1) is 21.7 Å². The average molecular weight is 263 g/mol. The Morgan fingerprint density at radius 1 is 1.17 bits per heavy atom. The molecule has 2 aromatic carbocycles. The minimum Gasteiger partial charge on any atom is -0.304 e. The highest BCUT2D eigenvalue weighted by molar-refractivity contribution is 6.34. The first kappa shape index (κ1) is 11.0. The van der Waals surface area contributed by atoms with Crippen LogP contribution >= 0.6 is 11.6 Å². The summed E-state index contributed by atoms with van der Waals surface area (Å²) in [7, 11) is 0. The van der Waals surface area contributed by atoms with Gasteiger partial charge in [-0.3, -0.25) is 4.57 Å². The zero-order valence-corrected chi connectivity index (χ0v) is 9.91. The summed E-state index contributed by atoms with van der Waals surface area (Å²) in [6.07, 6.45) is 0. The molecule has 0 aliphatic carbocycles. The molecule has 0 atom stereocenters. The van der Waals surface area contributed by atoms with Crippen molar-refractivity contribution in [3.8, 4) is 5.69 Å². The van der Waals surface area contributed by atoms with Crippen LogP contribution < -0.4 is 5.69 Å². The summed E-state index contributed by atoms with van der Waals surface area (Å²) in [5.74, 6) is -0.393. The van der Waals surface area contributed by atoms with Crippen LogP contribution in [0.3, 0.4) is 0 Å². The van der Waals surface area contributed by atoms with Crippen molar-refractivity contribution in [2.45, 2.75) is 0 Å². The molecular weight excluding hydrogens is 255 g/mol. The molecule has 0 saturated heterocycles. The van der Waals surface area contributed by atoms with Crippen LogP contribution in [0.25, 0.3) is 16.7 Å². The Morgan fingerprint density at radius 3 is 2.72 bits per heavy atom. The molecule has 0 aliphatic heterocycles. The van der Waals surface area contributed by atoms with Crippen LogP contribution in [0.1, 0.15) is 0 Å². The molecule has 1 heterocycles. The summed E-state index contributed by atoms with van der Waals surface area (Å²) >= 11 is 6.00. The second-order valence-corrected chi connectivity index (χ2v) is 4.29. The number of imidazole rings is 1. The van der Waals surface area contributed by atoms with E-state index in [1.807, 2.05) is 0 Å². The maximum absolute atomic E-state index is 13.2. The summed E-state index contributed by atoms with van der Waals surface area (Å²) in [5, 5.41) is 0.458. The summed E-state index contributed by atoms with van der Waals surface area (Å²) in [6.45, 7) is 0. The molecule has 3 rings (SSSR count). The number of rotatable bonds is 1. The van der Waals surface area contributed by atoms with E-state index >= 15 is 0 Å². The first-order valence-corrected chi connectivity index (χ1v) is 5.70. The standard InChI is InChI=1S/C13H8ClFN2O/c14-10-5-2-6-11-12(10)16-13(18)17(11)9-4-1-3-8(15)7-9/h1-7H,(H,16,18). The van der Waals surface area contributed by atoms with E-state index in [0.29, 0.717) is 21.7 Å². The zero-order valence-electron chi connectivity index (χ0n) is 9.15. The number of aromatic amines is 1. The third-order valence-corrected chi connectivity index (χ3v) is 3.05. The van der Waals surface area contributed by atoms with Gasteiger partial charge in [0.1, 0.15) is 5.82 Å². The number of fused-ring (bicyclic) bond motifs is 1. The highest BCUT2D eigenvalue weighted by atomic mass is 35.5. The summed E-state index contributed by atoms with van der Waals surface area (Å²) in [4.78, 5) is 14.6. The molecule has 0 spiro atoms. The molecule has 0 amide bonds. The Morgan fingerprint density at radius 2 is 1.94 bits per heavy atom. The maximum atomic E-state index is 13.2. The molecule has 3 aromatic rings. The first-order valence-electron chi connectivity index (χ1n) is 5.32. The van der Waals surface area contributed by atoms with Crippen molar-refractivity contribution < 1.29 is 4.39 Å². The van der Waals surface area contributed by atoms with Crippen molar-refractivity contribution in [2.75, 3.05) is 0 Å². The lowest BCUT2D eigenvalue weighted by atomic mass is 10.2. The fourth-order valence-corrected chi connectivity index (χ4v) is 2.18. The van der Waals surface area contributed by atoms with Crippen LogP contribution in [-0.4, -0.2) is 9.55 Å². The zero-order chi connectivity index (χ0) is 12.7. The largest absolute Gasteiger partial charge is 0.331 e. The van der Waals surface area contributed by atoms with Gasteiger partial charge in [0.25, 0.3) is 0 Å². The van der Waals surface area contributed by atoms with Gasteiger partial charge >= 0.3 is 5.69 Å². The SMILES string of the molecule is O=c1[nH]c2c(Cl)cccc2n1-c1cccc(F)c1. The van der Waals surface area contributed by atoms with Gasteiger partial charge in [0.15, 0.2) is 0 Å². The average Bonchev–Trinajstić information content (AvgIpc) is 2.67. The van der Waals surface area contributed by atoms with E-state index in [0.717, 1.165) is 0 Å². The van der Waals surface area contributed by atoms with E-state index in [-0.39, 0.29) is 5.69 Å². The van der Waals surface area contributed by atoms with Crippen molar-refractivity contribution >= 4 is 22.6 Å². The summed E-state index contributed by atoms with van der Waals surface area (Å²) in [6, 6.07) is 11.0. The second-order valence-electron chi connectivity index (χ2n) is 3.88. The van der Waals surface area contributed by atoms with E-state index in [1.54, 1.807) is 30.3 Å². The van der Waals surface area contributed by atoms with Gasteiger partial charge in [-0.15, -0.1) is 0 Å². The lowest BCUT2D eigenvalue weighted by molar-refractivity contribution is 0.626. The number of benzene rings is 2. The van der Waals surface area contributed by atoms with Crippen LogP contribution in [-0.2, 0) is 0 Å². The lowest BCUT2D eigenvalue weighted by Gasteiger charge is -2.03. The molecule has 5 heteroatoms. The third-order valence-electron chi connectivity index (χ3n) is 2.73. The number of para-hydroxylation sites is 1. The number of nitrogens with one attached hydrogen (secondary N) is 1. The number of nitrogens with zero attached hydrogens (tertiary/aromatic N) is 1. The van der Waals surface area contributed by atoms with Crippen LogP contribution in [0.4, 0.5) is 4.39 Å². The molecule has 0 bridgehead atoms. The van der Waals surface area contributed by atoms with Crippen molar-refractivity contribution in [1.29, 1.82) is 0 Å². The van der Waals surface area contributed by atoms with E-state index < -0.39 is 5.82 Å². The Hall–Kier alpha value is -2.07. The number of hydrogen-bond donors (Lipinski definition) is 1. The van der Waals surface area contributed by atoms with Crippen molar-refractivity contribution in [1.82, 2.24) is 9.55 Å².